The Hall–Kier alpha value is -2.09. The Morgan fingerprint density at radius 1 is 1.31 bits per heavy atom. The van der Waals surface area contributed by atoms with E-state index in [0.29, 0.717) is 18.3 Å². The highest BCUT2D eigenvalue weighted by molar-refractivity contribution is 7.99. The Kier molecular flexibility index (Phi) is 6.49. The monoisotopic (exact) mass is 375 g/mol. The molecule has 2 aromatic rings. The lowest BCUT2D eigenvalue weighted by atomic mass is 9.96. The quantitative estimate of drug-likeness (QED) is 0.693. The molecule has 1 aromatic carbocycles. The standard InChI is InChI=1S/C18H25N5O2S/c1-22(12-14-8-6-7-11-16(14)25-2)17(24)13-26-18-19-20-21-23(18)15-9-4-3-5-10-15/h6-8,11,15H,3-5,9-10,12-13H2,1-2H3. The average molecular weight is 375 g/mol. The Balaban J connectivity index is 1.56. The van der Waals surface area contributed by atoms with E-state index in [2.05, 4.69) is 15.5 Å². The van der Waals surface area contributed by atoms with Gasteiger partial charge in [0.2, 0.25) is 11.1 Å². The van der Waals surface area contributed by atoms with Crippen molar-refractivity contribution in [2.75, 3.05) is 19.9 Å². The van der Waals surface area contributed by atoms with Gasteiger partial charge < -0.3 is 9.64 Å². The van der Waals surface area contributed by atoms with Crippen molar-refractivity contribution >= 4 is 17.7 Å². The van der Waals surface area contributed by atoms with Crippen LogP contribution in [0.1, 0.15) is 43.7 Å². The summed E-state index contributed by atoms with van der Waals surface area (Å²) in [6.07, 6.45) is 5.94. The second kappa shape index (κ2) is 9.02. The van der Waals surface area contributed by atoms with Gasteiger partial charge in [-0.3, -0.25) is 4.79 Å². The number of carbonyl (C=O) groups excluding carboxylic acids is 1. The average Bonchev–Trinajstić information content (AvgIpc) is 3.15. The second-order valence-corrected chi connectivity index (χ2v) is 7.49. The van der Waals surface area contributed by atoms with Gasteiger partial charge in [0.25, 0.3) is 0 Å². The van der Waals surface area contributed by atoms with Crippen LogP contribution >= 0.6 is 11.8 Å². The zero-order valence-electron chi connectivity index (χ0n) is 15.3. The van der Waals surface area contributed by atoms with E-state index < -0.39 is 0 Å². The number of hydrogen-bond donors (Lipinski definition) is 0. The summed E-state index contributed by atoms with van der Waals surface area (Å²) in [5.74, 6) is 1.15. The molecule has 1 saturated carbocycles. The molecule has 1 amide bonds. The zero-order chi connectivity index (χ0) is 18.4. The van der Waals surface area contributed by atoms with Crippen LogP contribution in [0.3, 0.4) is 0 Å². The summed E-state index contributed by atoms with van der Waals surface area (Å²) in [5.41, 5.74) is 0.989. The highest BCUT2D eigenvalue weighted by atomic mass is 32.2. The number of para-hydroxylation sites is 1. The number of aromatic nitrogens is 4. The van der Waals surface area contributed by atoms with Gasteiger partial charge in [0, 0.05) is 19.2 Å². The van der Waals surface area contributed by atoms with Gasteiger partial charge >= 0.3 is 0 Å². The molecule has 1 aliphatic carbocycles. The van der Waals surface area contributed by atoms with Crippen molar-refractivity contribution < 1.29 is 9.53 Å². The summed E-state index contributed by atoms with van der Waals surface area (Å²) in [5, 5.41) is 12.8. The van der Waals surface area contributed by atoms with Crippen molar-refractivity contribution in [2.45, 2.75) is 49.8 Å². The second-order valence-electron chi connectivity index (χ2n) is 6.55. The predicted molar refractivity (Wildman–Crippen MR) is 100 cm³/mol. The lowest BCUT2D eigenvalue weighted by Gasteiger charge is -2.22. The number of tetrazole rings is 1. The smallest absolute Gasteiger partial charge is 0.233 e. The summed E-state index contributed by atoms with van der Waals surface area (Å²) in [6.45, 7) is 0.511. The minimum atomic E-state index is 0.0408. The lowest BCUT2D eigenvalue weighted by molar-refractivity contribution is -0.127. The van der Waals surface area contributed by atoms with Gasteiger partial charge in [-0.25, -0.2) is 4.68 Å². The van der Waals surface area contributed by atoms with Crippen LogP contribution < -0.4 is 4.74 Å². The van der Waals surface area contributed by atoms with E-state index >= 15 is 0 Å². The molecule has 1 aliphatic rings. The highest BCUT2D eigenvalue weighted by Crippen LogP contribution is 2.30. The van der Waals surface area contributed by atoms with Crippen molar-refractivity contribution in [3.8, 4) is 5.75 Å². The molecular formula is C18H25N5O2S. The van der Waals surface area contributed by atoms with E-state index in [4.69, 9.17) is 4.74 Å². The fourth-order valence-corrected chi connectivity index (χ4v) is 4.13. The molecular weight excluding hydrogens is 350 g/mol. The molecule has 7 nitrogen and oxygen atoms in total. The first-order chi connectivity index (χ1) is 12.7. The Bertz CT molecular complexity index is 730. The molecule has 1 heterocycles. The first-order valence-electron chi connectivity index (χ1n) is 8.95. The van der Waals surface area contributed by atoms with E-state index in [1.165, 1.54) is 31.0 Å². The lowest BCUT2D eigenvalue weighted by Crippen LogP contribution is -2.28. The minimum absolute atomic E-state index is 0.0408. The maximum absolute atomic E-state index is 12.5. The number of rotatable bonds is 7. The van der Waals surface area contributed by atoms with Crippen molar-refractivity contribution in [1.29, 1.82) is 0 Å². The molecule has 140 valence electrons. The van der Waals surface area contributed by atoms with Crippen LogP contribution in [-0.2, 0) is 11.3 Å². The summed E-state index contributed by atoms with van der Waals surface area (Å²) < 4.78 is 7.25. The first-order valence-corrected chi connectivity index (χ1v) is 9.94. The van der Waals surface area contributed by atoms with Crippen LogP contribution in [-0.4, -0.2) is 50.9 Å². The molecule has 0 bridgehead atoms. The molecule has 8 heteroatoms. The maximum Gasteiger partial charge on any atom is 0.233 e. The van der Waals surface area contributed by atoms with Crippen LogP contribution in [0.15, 0.2) is 29.4 Å². The van der Waals surface area contributed by atoms with Crippen molar-refractivity contribution in [3.63, 3.8) is 0 Å². The molecule has 0 N–H and O–H groups in total. The number of carbonyl (C=O) groups is 1. The van der Waals surface area contributed by atoms with Gasteiger partial charge in [-0.2, -0.15) is 0 Å². The van der Waals surface area contributed by atoms with Crippen LogP contribution in [0.5, 0.6) is 5.75 Å². The minimum Gasteiger partial charge on any atom is -0.496 e. The Morgan fingerprint density at radius 2 is 2.08 bits per heavy atom. The van der Waals surface area contributed by atoms with E-state index in [1.807, 2.05) is 28.9 Å². The van der Waals surface area contributed by atoms with Crippen LogP contribution in [0, 0.1) is 0 Å². The number of thioether (sulfide) groups is 1. The molecule has 0 radical (unpaired) electrons. The summed E-state index contributed by atoms with van der Waals surface area (Å²) >= 11 is 1.41. The molecule has 0 atom stereocenters. The number of benzene rings is 1. The third-order valence-corrected chi connectivity index (χ3v) is 5.65. The number of ether oxygens (including phenoxy) is 1. The molecule has 0 saturated heterocycles. The van der Waals surface area contributed by atoms with Gasteiger partial charge in [-0.1, -0.05) is 49.2 Å². The predicted octanol–water partition coefficient (Wildman–Crippen LogP) is 2.94. The van der Waals surface area contributed by atoms with Gasteiger partial charge in [0.05, 0.1) is 18.9 Å². The summed E-state index contributed by atoms with van der Waals surface area (Å²) in [4.78, 5) is 14.2. The van der Waals surface area contributed by atoms with Gasteiger partial charge in [0.15, 0.2) is 0 Å². The van der Waals surface area contributed by atoms with E-state index in [9.17, 15) is 4.79 Å². The third-order valence-electron chi connectivity index (χ3n) is 4.73. The fraction of sp³-hybridized carbons (Fsp3) is 0.556. The number of amides is 1. The van der Waals surface area contributed by atoms with Gasteiger partial charge in [0.1, 0.15) is 5.75 Å². The molecule has 1 fully saturated rings. The number of methoxy groups -OCH3 is 1. The molecule has 1 aromatic heterocycles. The van der Waals surface area contributed by atoms with Crippen LogP contribution in [0.4, 0.5) is 0 Å². The van der Waals surface area contributed by atoms with Crippen molar-refractivity contribution in [2.24, 2.45) is 0 Å². The van der Waals surface area contributed by atoms with E-state index in [-0.39, 0.29) is 5.91 Å². The van der Waals surface area contributed by atoms with Gasteiger partial charge in [-0.15, -0.1) is 5.10 Å². The van der Waals surface area contributed by atoms with Crippen LogP contribution in [0.2, 0.25) is 0 Å². The molecule has 26 heavy (non-hydrogen) atoms. The topological polar surface area (TPSA) is 73.1 Å². The summed E-state index contributed by atoms with van der Waals surface area (Å²) in [7, 11) is 3.45. The van der Waals surface area contributed by atoms with Crippen molar-refractivity contribution in [3.05, 3.63) is 29.8 Å². The number of hydrogen-bond acceptors (Lipinski definition) is 6. The molecule has 0 spiro atoms. The zero-order valence-corrected chi connectivity index (χ0v) is 16.1. The normalized spacial score (nSPS) is 15.0. The van der Waals surface area contributed by atoms with Gasteiger partial charge in [-0.05, 0) is 29.3 Å². The summed E-state index contributed by atoms with van der Waals surface area (Å²) in [6, 6.07) is 8.11. The Morgan fingerprint density at radius 3 is 2.85 bits per heavy atom. The largest absolute Gasteiger partial charge is 0.496 e. The maximum atomic E-state index is 12.5. The molecule has 0 unspecified atom stereocenters. The van der Waals surface area contributed by atoms with E-state index in [0.717, 1.165) is 29.3 Å². The van der Waals surface area contributed by atoms with Crippen LogP contribution in [0.25, 0.3) is 0 Å². The fourth-order valence-electron chi connectivity index (χ4n) is 3.25. The highest BCUT2D eigenvalue weighted by Gasteiger charge is 2.21. The molecule has 0 aliphatic heterocycles. The first kappa shape index (κ1) is 18.7. The van der Waals surface area contributed by atoms with Crippen molar-refractivity contribution in [1.82, 2.24) is 25.1 Å². The molecule has 3 rings (SSSR count). The SMILES string of the molecule is COc1ccccc1CN(C)C(=O)CSc1nnnn1C1CCCCC1. The van der Waals surface area contributed by atoms with E-state index in [1.54, 1.807) is 19.1 Å². The third kappa shape index (κ3) is 4.55. The number of nitrogens with zero attached hydrogens (tertiary/aromatic N) is 5. The Labute approximate surface area is 158 Å².